The summed E-state index contributed by atoms with van der Waals surface area (Å²) in [5.41, 5.74) is 2.34. The second-order valence-electron chi connectivity index (χ2n) is 4.94. The number of hydrogen-bond acceptors (Lipinski definition) is 3. The molecule has 1 amide bonds. The van der Waals surface area contributed by atoms with E-state index >= 15 is 0 Å². The predicted octanol–water partition coefficient (Wildman–Crippen LogP) is 0.830. The Hall–Kier alpha value is -1.36. The normalized spacial score (nSPS) is 15.8. The lowest BCUT2D eigenvalue weighted by molar-refractivity contribution is -0.132. The zero-order valence-corrected chi connectivity index (χ0v) is 12.0. The van der Waals surface area contributed by atoms with E-state index in [0.717, 1.165) is 44.7 Å². The summed E-state index contributed by atoms with van der Waals surface area (Å²) in [6.45, 7) is 8.42. The molecule has 106 valence electrons. The summed E-state index contributed by atoms with van der Waals surface area (Å²) in [6, 6.07) is 2.15. The van der Waals surface area contributed by atoms with E-state index in [-0.39, 0.29) is 5.91 Å². The maximum atomic E-state index is 12.1. The Morgan fingerprint density at radius 2 is 2.05 bits per heavy atom. The van der Waals surface area contributed by atoms with Gasteiger partial charge in [-0.05, 0) is 18.9 Å². The summed E-state index contributed by atoms with van der Waals surface area (Å²) in [5, 5.41) is 7.81. The predicted molar refractivity (Wildman–Crippen MR) is 75.0 cm³/mol. The highest BCUT2D eigenvalue weighted by Crippen LogP contribution is 2.08. The largest absolute Gasteiger partial charge is 0.340 e. The van der Waals surface area contributed by atoms with Gasteiger partial charge in [0, 0.05) is 44.8 Å². The van der Waals surface area contributed by atoms with E-state index in [4.69, 9.17) is 0 Å². The second-order valence-corrected chi connectivity index (χ2v) is 4.94. The zero-order chi connectivity index (χ0) is 13.7. The first-order chi connectivity index (χ1) is 9.24. The van der Waals surface area contributed by atoms with Crippen LogP contribution < -0.4 is 5.32 Å². The van der Waals surface area contributed by atoms with Crippen LogP contribution in [0, 0.1) is 0 Å². The lowest BCUT2D eigenvalue weighted by Crippen LogP contribution is -2.46. The third kappa shape index (κ3) is 3.56. The van der Waals surface area contributed by atoms with Gasteiger partial charge in [0.15, 0.2) is 0 Å². The Morgan fingerprint density at radius 3 is 2.68 bits per heavy atom. The Labute approximate surface area is 115 Å². The van der Waals surface area contributed by atoms with E-state index in [9.17, 15) is 4.79 Å². The molecule has 2 rings (SSSR count). The van der Waals surface area contributed by atoms with Crippen LogP contribution in [0.5, 0.6) is 0 Å². The van der Waals surface area contributed by atoms with E-state index in [1.165, 1.54) is 5.69 Å². The van der Waals surface area contributed by atoms with E-state index in [2.05, 4.69) is 30.3 Å². The molecule has 0 aromatic carbocycles. The number of nitrogens with zero attached hydrogens (tertiary/aromatic N) is 3. The van der Waals surface area contributed by atoms with Crippen LogP contribution in [-0.4, -0.2) is 46.8 Å². The molecule has 5 nitrogen and oxygen atoms in total. The van der Waals surface area contributed by atoms with Crippen molar-refractivity contribution in [3.63, 3.8) is 0 Å². The minimum atomic E-state index is 0.247. The molecule has 0 radical (unpaired) electrons. The van der Waals surface area contributed by atoms with Crippen LogP contribution in [-0.2, 0) is 24.2 Å². The molecule has 1 aromatic rings. The van der Waals surface area contributed by atoms with Crippen LogP contribution in [0.4, 0.5) is 0 Å². The molecule has 1 fully saturated rings. The highest BCUT2D eigenvalue weighted by atomic mass is 16.2. The quantitative estimate of drug-likeness (QED) is 0.857. The monoisotopic (exact) mass is 264 g/mol. The lowest BCUT2D eigenvalue weighted by atomic mass is 10.2. The Balaban J connectivity index is 1.90. The van der Waals surface area contributed by atoms with Crippen molar-refractivity contribution >= 4 is 5.91 Å². The molecule has 0 spiro atoms. The Kier molecular flexibility index (Phi) is 4.96. The first-order valence-corrected chi connectivity index (χ1v) is 7.28. The van der Waals surface area contributed by atoms with Gasteiger partial charge in [-0.2, -0.15) is 5.10 Å². The molecule has 1 aromatic heterocycles. The number of nitrogens with one attached hydrogen (secondary N) is 1. The molecule has 1 N–H and O–H groups in total. The third-order valence-electron chi connectivity index (χ3n) is 3.65. The third-order valence-corrected chi connectivity index (χ3v) is 3.65. The number of amides is 1. The lowest BCUT2D eigenvalue weighted by Gasteiger charge is -2.27. The molecule has 0 atom stereocenters. The molecule has 1 aliphatic rings. The van der Waals surface area contributed by atoms with Crippen LogP contribution in [0.2, 0.25) is 0 Å². The van der Waals surface area contributed by atoms with Gasteiger partial charge in [0.1, 0.15) is 0 Å². The van der Waals surface area contributed by atoms with E-state index in [0.29, 0.717) is 13.0 Å². The number of aromatic nitrogens is 2. The SMILES string of the molecule is CCc1cc(CC)n(CCC(=O)N2CCNCC2)n1. The fourth-order valence-electron chi connectivity index (χ4n) is 2.44. The average Bonchev–Trinajstić information content (AvgIpc) is 2.88. The fraction of sp³-hybridized carbons (Fsp3) is 0.714. The summed E-state index contributed by atoms with van der Waals surface area (Å²) in [4.78, 5) is 14.1. The molecule has 0 aliphatic carbocycles. The van der Waals surface area contributed by atoms with Crippen molar-refractivity contribution in [3.05, 3.63) is 17.5 Å². The number of aryl methyl sites for hydroxylation is 3. The standard InChI is InChI=1S/C14H24N4O/c1-3-12-11-13(4-2)18(16-12)8-5-14(19)17-9-6-15-7-10-17/h11,15H,3-10H2,1-2H3. The molecule has 1 aliphatic heterocycles. The van der Waals surface area contributed by atoms with Gasteiger partial charge >= 0.3 is 0 Å². The molecular formula is C14H24N4O. The summed E-state index contributed by atoms with van der Waals surface area (Å²) >= 11 is 0. The molecule has 1 saturated heterocycles. The van der Waals surface area contributed by atoms with Gasteiger partial charge < -0.3 is 10.2 Å². The molecule has 0 saturated carbocycles. The topological polar surface area (TPSA) is 50.2 Å². The van der Waals surface area contributed by atoms with Crippen LogP contribution in [0.3, 0.4) is 0 Å². The van der Waals surface area contributed by atoms with Crippen molar-refractivity contribution in [1.82, 2.24) is 20.0 Å². The number of rotatable bonds is 5. The maximum absolute atomic E-state index is 12.1. The number of carbonyl (C=O) groups excluding carboxylic acids is 1. The van der Waals surface area contributed by atoms with Crippen molar-refractivity contribution in [1.29, 1.82) is 0 Å². The van der Waals surface area contributed by atoms with Crippen molar-refractivity contribution in [2.75, 3.05) is 26.2 Å². The van der Waals surface area contributed by atoms with Gasteiger partial charge in [0.25, 0.3) is 0 Å². The summed E-state index contributed by atoms with van der Waals surface area (Å²) < 4.78 is 2.00. The maximum Gasteiger partial charge on any atom is 0.224 e. The van der Waals surface area contributed by atoms with Gasteiger partial charge in [-0.25, -0.2) is 0 Å². The first kappa shape index (κ1) is 14.1. The van der Waals surface area contributed by atoms with Crippen LogP contribution in [0.25, 0.3) is 0 Å². The zero-order valence-electron chi connectivity index (χ0n) is 12.0. The summed E-state index contributed by atoms with van der Waals surface area (Å²) in [5.74, 6) is 0.247. The minimum absolute atomic E-state index is 0.247. The highest BCUT2D eigenvalue weighted by Gasteiger charge is 2.16. The number of piperazine rings is 1. The highest BCUT2D eigenvalue weighted by molar-refractivity contribution is 5.76. The fourth-order valence-corrected chi connectivity index (χ4v) is 2.44. The van der Waals surface area contributed by atoms with Crippen molar-refractivity contribution < 1.29 is 4.79 Å². The number of hydrogen-bond donors (Lipinski definition) is 1. The van der Waals surface area contributed by atoms with Crippen molar-refractivity contribution in [3.8, 4) is 0 Å². The van der Waals surface area contributed by atoms with Crippen LogP contribution >= 0.6 is 0 Å². The second kappa shape index (κ2) is 6.70. The minimum Gasteiger partial charge on any atom is -0.340 e. The molecule has 0 bridgehead atoms. The molecular weight excluding hydrogens is 240 g/mol. The van der Waals surface area contributed by atoms with Gasteiger partial charge in [0.2, 0.25) is 5.91 Å². The van der Waals surface area contributed by atoms with E-state index < -0.39 is 0 Å². The molecule has 2 heterocycles. The van der Waals surface area contributed by atoms with Crippen molar-refractivity contribution in [2.45, 2.75) is 39.7 Å². The number of carbonyl (C=O) groups is 1. The first-order valence-electron chi connectivity index (χ1n) is 7.28. The van der Waals surface area contributed by atoms with Crippen LogP contribution in [0.1, 0.15) is 31.7 Å². The average molecular weight is 264 g/mol. The Bertz CT molecular complexity index is 421. The van der Waals surface area contributed by atoms with Gasteiger partial charge in [0.05, 0.1) is 5.69 Å². The van der Waals surface area contributed by atoms with Gasteiger partial charge in [-0.3, -0.25) is 9.48 Å². The molecule has 0 unspecified atom stereocenters. The summed E-state index contributed by atoms with van der Waals surface area (Å²) in [6.07, 6.45) is 2.47. The van der Waals surface area contributed by atoms with E-state index in [1.807, 2.05) is 9.58 Å². The van der Waals surface area contributed by atoms with Crippen LogP contribution in [0.15, 0.2) is 6.07 Å². The Morgan fingerprint density at radius 1 is 1.32 bits per heavy atom. The van der Waals surface area contributed by atoms with Crippen molar-refractivity contribution in [2.24, 2.45) is 0 Å². The molecule has 19 heavy (non-hydrogen) atoms. The van der Waals surface area contributed by atoms with Gasteiger partial charge in [-0.1, -0.05) is 13.8 Å². The summed E-state index contributed by atoms with van der Waals surface area (Å²) in [7, 11) is 0. The van der Waals surface area contributed by atoms with E-state index in [1.54, 1.807) is 0 Å². The van der Waals surface area contributed by atoms with Gasteiger partial charge in [-0.15, -0.1) is 0 Å². The smallest absolute Gasteiger partial charge is 0.224 e. The molecule has 5 heteroatoms.